The summed E-state index contributed by atoms with van der Waals surface area (Å²) < 4.78 is 1.94. The van der Waals surface area contributed by atoms with Gasteiger partial charge in [0.05, 0.1) is 24.2 Å². The second kappa shape index (κ2) is 9.52. The molecule has 0 bridgehead atoms. The summed E-state index contributed by atoms with van der Waals surface area (Å²) in [4.78, 5) is 18.1. The predicted molar refractivity (Wildman–Crippen MR) is 123 cm³/mol. The number of hydrogen-bond donors (Lipinski definition) is 1. The van der Waals surface area contributed by atoms with Crippen molar-refractivity contribution in [2.45, 2.75) is 45.8 Å². The molecule has 0 saturated carbocycles. The third kappa shape index (κ3) is 4.90. The molecule has 3 aromatic rings. The number of carbonyl (C=O) groups excluding carboxylic acids is 1. The maximum absolute atomic E-state index is 13.6. The highest BCUT2D eigenvalue weighted by molar-refractivity contribution is 5.80. The SMILES string of the molecule is CCN1CCCC1CN(Cc1ccc(O)cc1)C(=O)C(C)Cn1ncc2ccccc21. The van der Waals surface area contributed by atoms with Crippen LogP contribution in [0.25, 0.3) is 10.9 Å². The van der Waals surface area contributed by atoms with Gasteiger partial charge in [0.25, 0.3) is 0 Å². The first-order chi connectivity index (χ1) is 15.0. The molecule has 0 radical (unpaired) electrons. The minimum absolute atomic E-state index is 0.149. The summed E-state index contributed by atoms with van der Waals surface area (Å²) in [5.74, 6) is 0.209. The first-order valence-corrected chi connectivity index (χ1v) is 11.3. The number of phenols is 1. The summed E-state index contributed by atoms with van der Waals surface area (Å²) >= 11 is 0. The zero-order valence-corrected chi connectivity index (χ0v) is 18.4. The molecular weight excluding hydrogens is 388 g/mol. The largest absolute Gasteiger partial charge is 0.508 e. The molecule has 2 unspecified atom stereocenters. The molecule has 164 valence electrons. The van der Waals surface area contributed by atoms with Crippen molar-refractivity contribution < 1.29 is 9.90 Å². The van der Waals surface area contributed by atoms with Gasteiger partial charge in [-0.15, -0.1) is 0 Å². The van der Waals surface area contributed by atoms with Gasteiger partial charge < -0.3 is 10.0 Å². The Balaban J connectivity index is 1.52. The van der Waals surface area contributed by atoms with Crippen molar-refractivity contribution in [3.05, 3.63) is 60.3 Å². The van der Waals surface area contributed by atoms with E-state index in [1.54, 1.807) is 12.1 Å². The van der Waals surface area contributed by atoms with E-state index in [9.17, 15) is 9.90 Å². The van der Waals surface area contributed by atoms with Gasteiger partial charge in [0.1, 0.15) is 5.75 Å². The molecule has 1 aliphatic rings. The number of para-hydroxylation sites is 1. The maximum Gasteiger partial charge on any atom is 0.227 e. The number of amides is 1. The molecule has 1 aliphatic heterocycles. The number of benzene rings is 2. The highest BCUT2D eigenvalue weighted by atomic mass is 16.3. The maximum atomic E-state index is 13.6. The lowest BCUT2D eigenvalue weighted by atomic mass is 10.1. The fraction of sp³-hybridized carbons (Fsp3) is 0.440. The minimum Gasteiger partial charge on any atom is -0.508 e. The van der Waals surface area contributed by atoms with E-state index in [0.29, 0.717) is 19.1 Å². The van der Waals surface area contributed by atoms with E-state index < -0.39 is 0 Å². The Kier molecular flexibility index (Phi) is 6.56. The Bertz CT molecular complexity index is 1010. The second-order valence-electron chi connectivity index (χ2n) is 8.60. The third-order valence-corrected chi connectivity index (χ3v) is 6.38. The summed E-state index contributed by atoms with van der Waals surface area (Å²) in [6.45, 7) is 8.15. The van der Waals surface area contributed by atoms with Gasteiger partial charge >= 0.3 is 0 Å². The van der Waals surface area contributed by atoms with Crippen LogP contribution in [0.5, 0.6) is 5.75 Å². The molecule has 2 aromatic carbocycles. The van der Waals surface area contributed by atoms with E-state index in [1.165, 1.54) is 6.42 Å². The van der Waals surface area contributed by atoms with Crippen LogP contribution in [-0.2, 0) is 17.9 Å². The van der Waals surface area contributed by atoms with Crippen molar-refractivity contribution in [2.24, 2.45) is 5.92 Å². The summed E-state index contributed by atoms with van der Waals surface area (Å²) in [6.07, 6.45) is 4.18. The van der Waals surface area contributed by atoms with Gasteiger partial charge in [-0.25, -0.2) is 0 Å². The van der Waals surface area contributed by atoms with Crippen LogP contribution < -0.4 is 0 Å². The Hall–Kier alpha value is -2.86. The molecule has 6 heteroatoms. The lowest BCUT2D eigenvalue weighted by Crippen LogP contribution is -2.45. The Morgan fingerprint density at radius 2 is 2.00 bits per heavy atom. The number of carbonyl (C=O) groups is 1. The van der Waals surface area contributed by atoms with Crippen LogP contribution in [0.15, 0.2) is 54.7 Å². The van der Waals surface area contributed by atoms with Crippen molar-refractivity contribution in [3.63, 3.8) is 0 Å². The number of phenolic OH excluding ortho intramolecular Hbond substituents is 1. The number of rotatable bonds is 8. The fourth-order valence-corrected chi connectivity index (χ4v) is 4.65. The van der Waals surface area contributed by atoms with Crippen LogP contribution in [0.3, 0.4) is 0 Å². The van der Waals surface area contributed by atoms with Gasteiger partial charge in [0.2, 0.25) is 5.91 Å². The second-order valence-corrected chi connectivity index (χ2v) is 8.60. The zero-order valence-electron chi connectivity index (χ0n) is 18.4. The molecular formula is C25H32N4O2. The molecule has 0 aliphatic carbocycles. The molecule has 0 spiro atoms. The summed E-state index contributed by atoms with van der Waals surface area (Å²) in [5, 5.41) is 15.2. The molecule has 1 fully saturated rings. The zero-order chi connectivity index (χ0) is 21.8. The Morgan fingerprint density at radius 1 is 1.23 bits per heavy atom. The Morgan fingerprint density at radius 3 is 2.77 bits per heavy atom. The summed E-state index contributed by atoms with van der Waals surface area (Å²) in [6, 6.07) is 15.7. The van der Waals surface area contributed by atoms with Gasteiger partial charge in [0.15, 0.2) is 0 Å². The van der Waals surface area contributed by atoms with Crippen LogP contribution in [0, 0.1) is 5.92 Å². The van der Waals surface area contributed by atoms with Crippen LogP contribution in [0.1, 0.15) is 32.3 Å². The van der Waals surface area contributed by atoms with E-state index in [-0.39, 0.29) is 17.6 Å². The molecule has 1 N–H and O–H groups in total. The lowest BCUT2D eigenvalue weighted by molar-refractivity contribution is -0.136. The van der Waals surface area contributed by atoms with Gasteiger partial charge in [-0.2, -0.15) is 5.10 Å². The van der Waals surface area contributed by atoms with Gasteiger partial charge in [-0.3, -0.25) is 14.4 Å². The average molecular weight is 421 g/mol. The van der Waals surface area contributed by atoms with Crippen LogP contribution in [0.4, 0.5) is 0 Å². The first-order valence-electron chi connectivity index (χ1n) is 11.3. The molecule has 4 rings (SSSR count). The number of hydrogen-bond acceptors (Lipinski definition) is 4. The van der Waals surface area contributed by atoms with Gasteiger partial charge in [-0.05, 0) is 49.7 Å². The number of nitrogens with zero attached hydrogens (tertiary/aromatic N) is 4. The van der Waals surface area contributed by atoms with Crippen molar-refractivity contribution in [1.82, 2.24) is 19.6 Å². The molecule has 2 heterocycles. The van der Waals surface area contributed by atoms with Crippen molar-refractivity contribution >= 4 is 16.8 Å². The van der Waals surface area contributed by atoms with Crippen LogP contribution in [-0.4, -0.2) is 56.3 Å². The van der Waals surface area contributed by atoms with E-state index in [2.05, 4.69) is 16.9 Å². The van der Waals surface area contributed by atoms with Crippen molar-refractivity contribution in [2.75, 3.05) is 19.6 Å². The molecule has 1 saturated heterocycles. The standard InChI is InChI=1S/C25H32N4O2/c1-3-27-14-6-8-22(27)18-28(17-20-10-12-23(30)13-11-20)25(31)19(2)16-29-24-9-5-4-7-21(24)15-26-29/h4-5,7,9-13,15,19,22,30H,3,6,8,14,16-18H2,1-2H3. The minimum atomic E-state index is -0.183. The molecule has 1 amide bonds. The number of likely N-dealkylation sites (tertiary alicyclic amines) is 1. The average Bonchev–Trinajstić information content (AvgIpc) is 3.41. The lowest BCUT2D eigenvalue weighted by Gasteiger charge is -2.32. The third-order valence-electron chi connectivity index (χ3n) is 6.38. The highest BCUT2D eigenvalue weighted by Gasteiger charge is 2.29. The fourth-order valence-electron chi connectivity index (χ4n) is 4.65. The summed E-state index contributed by atoms with van der Waals surface area (Å²) in [7, 11) is 0. The quantitative estimate of drug-likeness (QED) is 0.601. The number of likely N-dealkylation sites (N-methyl/N-ethyl adjacent to an activating group) is 1. The smallest absolute Gasteiger partial charge is 0.227 e. The van der Waals surface area contributed by atoms with Crippen molar-refractivity contribution in [1.29, 1.82) is 0 Å². The molecule has 6 nitrogen and oxygen atoms in total. The van der Waals surface area contributed by atoms with E-state index in [1.807, 2.05) is 59.1 Å². The monoisotopic (exact) mass is 420 g/mol. The van der Waals surface area contributed by atoms with Crippen LogP contribution in [0.2, 0.25) is 0 Å². The number of aromatic nitrogens is 2. The topological polar surface area (TPSA) is 61.6 Å². The van der Waals surface area contributed by atoms with Crippen molar-refractivity contribution in [3.8, 4) is 5.75 Å². The van der Waals surface area contributed by atoms with E-state index in [0.717, 1.165) is 42.5 Å². The number of fused-ring (bicyclic) bond motifs is 1. The highest BCUT2D eigenvalue weighted by Crippen LogP contribution is 2.22. The Labute approximate surface area is 184 Å². The predicted octanol–water partition coefficient (Wildman–Crippen LogP) is 3.89. The molecule has 1 aromatic heterocycles. The molecule has 31 heavy (non-hydrogen) atoms. The number of aromatic hydroxyl groups is 1. The van der Waals surface area contributed by atoms with Gasteiger partial charge in [-0.1, -0.05) is 44.2 Å². The van der Waals surface area contributed by atoms with E-state index in [4.69, 9.17) is 0 Å². The molecule has 2 atom stereocenters. The van der Waals surface area contributed by atoms with Crippen LogP contribution >= 0.6 is 0 Å². The summed E-state index contributed by atoms with van der Waals surface area (Å²) in [5.41, 5.74) is 2.09. The first kappa shape index (κ1) is 21.4. The van der Waals surface area contributed by atoms with Gasteiger partial charge in [0, 0.05) is 24.5 Å². The van der Waals surface area contributed by atoms with E-state index >= 15 is 0 Å². The normalized spacial score (nSPS) is 17.8.